The highest BCUT2D eigenvalue weighted by Crippen LogP contribution is 2.00. The lowest BCUT2D eigenvalue weighted by atomic mass is 10.6. The van der Waals surface area contributed by atoms with Crippen LogP contribution in [0.4, 0.5) is 8.78 Å². The van der Waals surface area contributed by atoms with Crippen LogP contribution in [0.25, 0.3) is 0 Å². The highest BCUT2D eigenvalue weighted by atomic mass is 19.3. The first kappa shape index (κ1) is 8.00. The molecule has 2 amide bonds. The van der Waals surface area contributed by atoms with E-state index in [1.54, 1.807) is 0 Å². The third kappa shape index (κ3) is 3.57. The molecule has 0 unspecified atom stereocenters. The van der Waals surface area contributed by atoms with E-state index in [2.05, 4.69) is 0 Å². The second-order valence-corrected chi connectivity index (χ2v) is 1.27. The molecule has 0 aromatic heterocycles. The predicted octanol–water partition coefficient (Wildman–Crippen LogP) is 0.0776. The first-order valence-electron chi connectivity index (χ1n) is 2.04. The lowest BCUT2D eigenvalue weighted by Gasteiger charge is -1.94. The summed E-state index contributed by atoms with van der Waals surface area (Å²) in [4.78, 5) is 19.7. The molecule has 0 aliphatic heterocycles. The standard InChI is InChI=1S/C4H4F2NO2/c1-2(8)7-4(9)3(5)6/h1H3,(H,7,8,9). The van der Waals surface area contributed by atoms with Crippen LogP contribution >= 0.6 is 0 Å². The van der Waals surface area contributed by atoms with Gasteiger partial charge in [0.05, 0.1) is 0 Å². The molecule has 0 spiro atoms. The zero-order valence-electron chi connectivity index (χ0n) is 4.57. The van der Waals surface area contributed by atoms with E-state index < -0.39 is 18.2 Å². The van der Waals surface area contributed by atoms with Gasteiger partial charge in [-0.2, -0.15) is 8.78 Å². The van der Waals surface area contributed by atoms with Gasteiger partial charge in [-0.1, -0.05) is 0 Å². The van der Waals surface area contributed by atoms with Crippen LogP contribution in [-0.4, -0.2) is 11.8 Å². The van der Waals surface area contributed by atoms with Crippen LogP contribution in [0.15, 0.2) is 0 Å². The molecule has 5 heteroatoms. The van der Waals surface area contributed by atoms with Gasteiger partial charge < -0.3 is 0 Å². The summed E-state index contributed by atoms with van der Waals surface area (Å²) in [7, 11) is 0. The summed E-state index contributed by atoms with van der Waals surface area (Å²) in [6.45, 7) is 0.973. The SMILES string of the molecule is CC(=O)NC(=O)[C](F)F. The van der Waals surface area contributed by atoms with Crippen LogP contribution in [0.2, 0.25) is 0 Å². The molecule has 0 fully saturated rings. The van der Waals surface area contributed by atoms with Crippen molar-refractivity contribution in [3.63, 3.8) is 0 Å². The van der Waals surface area contributed by atoms with Crippen molar-refractivity contribution in [2.75, 3.05) is 0 Å². The first-order valence-corrected chi connectivity index (χ1v) is 2.04. The Morgan fingerprint density at radius 1 is 1.33 bits per heavy atom. The quantitative estimate of drug-likeness (QED) is 0.554. The number of imide groups is 1. The smallest absolute Gasteiger partial charge is 0.291 e. The van der Waals surface area contributed by atoms with Gasteiger partial charge in [-0.15, -0.1) is 0 Å². The number of amides is 2. The third-order valence-electron chi connectivity index (χ3n) is 0.461. The maximum atomic E-state index is 11.1. The molecule has 0 saturated carbocycles. The number of halogens is 2. The van der Waals surface area contributed by atoms with Gasteiger partial charge in [0.2, 0.25) is 5.91 Å². The average Bonchev–Trinajstić information content (AvgIpc) is 1.63. The highest BCUT2D eigenvalue weighted by Gasteiger charge is 2.18. The maximum absolute atomic E-state index is 11.1. The lowest BCUT2D eigenvalue weighted by molar-refractivity contribution is -0.131. The Morgan fingerprint density at radius 3 is 1.89 bits per heavy atom. The predicted molar refractivity (Wildman–Crippen MR) is 24.3 cm³/mol. The fraction of sp³-hybridized carbons (Fsp3) is 0.250. The van der Waals surface area contributed by atoms with Crippen molar-refractivity contribution in [1.29, 1.82) is 0 Å². The van der Waals surface area contributed by atoms with E-state index in [9.17, 15) is 18.4 Å². The molecule has 0 heterocycles. The molecule has 3 nitrogen and oxygen atoms in total. The molecule has 0 rings (SSSR count). The van der Waals surface area contributed by atoms with Gasteiger partial charge >= 0.3 is 12.3 Å². The van der Waals surface area contributed by atoms with Crippen LogP contribution in [0.1, 0.15) is 6.92 Å². The second-order valence-electron chi connectivity index (χ2n) is 1.27. The topological polar surface area (TPSA) is 46.2 Å². The molecule has 0 aliphatic carbocycles. The minimum Gasteiger partial charge on any atom is -0.291 e. The molecular formula is C4H4F2NO2. The van der Waals surface area contributed by atoms with Gasteiger partial charge in [0.1, 0.15) is 0 Å². The lowest BCUT2D eigenvalue weighted by Crippen LogP contribution is -2.29. The summed E-state index contributed by atoms with van der Waals surface area (Å²) in [5, 5.41) is 1.38. The molecule has 0 atom stereocenters. The van der Waals surface area contributed by atoms with Crippen molar-refractivity contribution >= 4 is 11.8 Å². The summed E-state index contributed by atoms with van der Waals surface area (Å²) < 4.78 is 22.3. The van der Waals surface area contributed by atoms with Crippen molar-refractivity contribution in [2.45, 2.75) is 6.92 Å². The summed E-state index contributed by atoms with van der Waals surface area (Å²) >= 11 is 0. The summed E-state index contributed by atoms with van der Waals surface area (Å²) in [6.07, 6.45) is -2.41. The van der Waals surface area contributed by atoms with Gasteiger partial charge in [-0.05, 0) is 0 Å². The van der Waals surface area contributed by atoms with Crippen LogP contribution in [0.5, 0.6) is 0 Å². The molecule has 51 valence electrons. The largest absolute Gasteiger partial charge is 0.396 e. The van der Waals surface area contributed by atoms with Gasteiger partial charge in [0, 0.05) is 6.92 Å². The van der Waals surface area contributed by atoms with Crippen molar-refractivity contribution in [1.82, 2.24) is 5.32 Å². The summed E-state index contributed by atoms with van der Waals surface area (Å²) in [6, 6.07) is 0. The van der Waals surface area contributed by atoms with E-state index in [4.69, 9.17) is 0 Å². The fourth-order valence-corrected chi connectivity index (χ4v) is 0.207. The van der Waals surface area contributed by atoms with E-state index in [-0.39, 0.29) is 0 Å². The number of carbonyl (C=O) groups excluding carboxylic acids is 2. The van der Waals surface area contributed by atoms with Crippen molar-refractivity contribution in [3.8, 4) is 0 Å². The van der Waals surface area contributed by atoms with Crippen LogP contribution in [0.3, 0.4) is 0 Å². The number of carbonyl (C=O) groups is 2. The van der Waals surface area contributed by atoms with Gasteiger partial charge in [-0.25, -0.2) is 0 Å². The monoisotopic (exact) mass is 136 g/mol. The zero-order valence-corrected chi connectivity index (χ0v) is 4.57. The molecule has 9 heavy (non-hydrogen) atoms. The minimum atomic E-state index is -2.41. The normalized spacial score (nSPS) is 9.33. The molecule has 0 saturated heterocycles. The van der Waals surface area contributed by atoms with E-state index in [0.29, 0.717) is 0 Å². The summed E-state index contributed by atoms with van der Waals surface area (Å²) in [5.74, 6) is -2.43. The Bertz CT molecular complexity index is 135. The Balaban J connectivity index is 3.64. The first-order chi connectivity index (χ1) is 4.04. The molecule has 1 radical (unpaired) electrons. The van der Waals surface area contributed by atoms with E-state index in [0.717, 1.165) is 6.92 Å². The van der Waals surface area contributed by atoms with E-state index >= 15 is 0 Å². The Kier molecular flexibility index (Phi) is 2.77. The van der Waals surface area contributed by atoms with Crippen LogP contribution < -0.4 is 5.32 Å². The fourth-order valence-electron chi connectivity index (χ4n) is 0.207. The molecular weight excluding hydrogens is 132 g/mol. The van der Waals surface area contributed by atoms with Gasteiger partial charge in [0.15, 0.2) is 0 Å². The van der Waals surface area contributed by atoms with Gasteiger partial charge in [-0.3, -0.25) is 14.9 Å². The Hall–Kier alpha value is -1.00. The minimum absolute atomic E-state index is 0.798. The average molecular weight is 136 g/mol. The number of hydrogen-bond acceptors (Lipinski definition) is 2. The number of nitrogens with one attached hydrogen (secondary N) is 1. The van der Waals surface area contributed by atoms with Gasteiger partial charge in [0.25, 0.3) is 0 Å². The summed E-state index contributed by atoms with van der Waals surface area (Å²) in [5.41, 5.74) is 0. The highest BCUT2D eigenvalue weighted by molar-refractivity contribution is 5.99. The Labute approximate surface area is 50.0 Å². The molecule has 0 aromatic carbocycles. The molecule has 0 aliphatic rings. The van der Waals surface area contributed by atoms with Crippen molar-refractivity contribution in [2.24, 2.45) is 0 Å². The zero-order chi connectivity index (χ0) is 7.44. The van der Waals surface area contributed by atoms with Crippen molar-refractivity contribution < 1.29 is 18.4 Å². The molecule has 0 aromatic rings. The van der Waals surface area contributed by atoms with Crippen molar-refractivity contribution in [3.05, 3.63) is 6.43 Å². The molecule has 1 N–H and O–H groups in total. The van der Waals surface area contributed by atoms with Crippen LogP contribution in [0, 0.1) is 6.43 Å². The number of hydrogen-bond donors (Lipinski definition) is 1. The molecule has 0 bridgehead atoms. The Morgan fingerprint density at radius 2 is 1.78 bits per heavy atom. The third-order valence-corrected chi connectivity index (χ3v) is 0.461. The van der Waals surface area contributed by atoms with E-state index in [1.165, 1.54) is 5.32 Å². The number of rotatable bonds is 1. The second kappa shape index (κ2) is 3.11. The van der Waals surface area contributed by atoms with Crippen LogP contribution in [-0.2, 0) is 9.59 Å². The van der Waals surface area contributed by atoms with E-state index in [1.807, 2.05) is 0 Å². The maximum Gasteiger partial charge on any atom is 0.396 e.